The maximum atomic E-state index is 13.8. The van der Waals surface area contributed by atoms with Crippen molar-refractivity contribution in [2.45, 2.75) is 30.6 Å². The maximum Gasteiger partial charge on any atom is 0.294 e. The van der Waals surface area contributed by atoms with Gasteiger partial charge in [-0.1, -0.05) is 62.4 Å². The van der Waals surface area contributed by atoms with Crippen molar-refractivity contribution in [2.75, 3.05) is 33.7 Å². The SMILES string of the molecule is CC1(C)/C(=C\C=C\C=C2C(=O)N(c3ccccc3)C(=S)N(c3ccccc3)C2=O)N(CCCNC(=O)CCl)c2ccc(S(=O)(=O)O)cc21. The zero-order valence-corrected chi connectivity index (χ0v) is 28.6. The Balaban J connectivity index is 1.51. The van der Waals surface area contributed by atoms with Crippen LogP contribution in [0.3, 0.4) is 0 Å². The van der Waals surface area contributed by atoms with Gasteiger partial charge in [0.25, 0.3) is 21.9 Å². The number of para-hydroxylation sites is 2. The number of rotatable bonds is 10. The molecule has 2 N–H and O–H groups in total. The van der Waals surface area contributed by atoms with Crippen LogP contribution in [0.5, 0.6) is 0 Å². The molecule has 3 amide bonds. The zero-order chi connectivity index (χ0) is 34.6. The number of allylic oxidation sites excluding steroid dienone is 5. The monoisotopic (exact) mass is 704 g/mol. The number of anilines is 3. The van der Waals surface area contributed by atoms with Crippen LogP contribution >= 0.6 is 23.8 Å². The Labute approximate surface area is 289 Å². The van der Waals surface area contributed by atoms with Gasteiger partial charge in [-0.15, -0.1) is 11.6 Å². The van der Waals surface area contributed by atoms with Gasteiger partial charge in [-0.3, -0.25) is 28.7 Å². The van der Waals surface area contributed by atoms with Crippen molar-refractivity contribution in [1.29, 1.82) is 0 Å². The highest BCUT2D eigenvalue weighted by Gasteiger charge is 2.42. The third kappa shape index (κ3) is 6.97. The largest absolute Gasteiger partial charge is 0.355 e. The quantitative estimate of drug-likeness (QED) is 0.0707. The lowest BCUT2D eigenvalue weighted by molar-refractivity contribution is -0.121. The molecule has 0 radical (unpaired) electrons. The van der Waals surface area contributed by atoms with Gasteiger partial charge < -0.3 is 10.2 Å². The number of benzene rings is 3. The fraction of sp³-hybridized carbons (Fsp3) is 0.200. The summed E-state index contributed by atoms with van der Waals surface area (Å²) in [7, 11) is -4.44. The van der Waals surface area contributed by atoms with Gasteiger partial charge in [-0.25, -0.2) is 0 Å². The van der Waals surface area contributed by atoms with Crippen molar-refractivity contribution < 1.29 is 27.4 Å². The Bertz CT molecular complexity index is 1900. The van der Waals surface area contributed by atoms with Gasteiger partial charge in [0.05, 0.1) is 16.3 Å². The number of nitrogens with zero attached hydrogens (tertiary/aromatic N) is 3. The van der Waals surface area contributed by atoms with Crippen molar-refractivity contribution in [2.24, 2.45) is 0 Å². The molecule has 3 aromatic rings. The van der Waals surface area contributed by atoms with E-state index in [1.165, 1.54) is 28.0 Å². The Kier molecular flexibility index (Phi) is 10.3. The second kappa shape index (κ2) is 14.2. The van der Waals surface area contributed by atoms with E-state index in [1.807, 2.05) is 37.0 Å². The first-order valence-electron chi connectivity index (χ1n) is 15.0. The number of carbonyl (C=O) groups is 3. The molecule has 0 unspecified atom stereocenters. The lowest BCUT2D eigenvalue weighted by Crippen LogP contribution is -2.57. The number of thiocarbonyl (C=S) groups is 1. The first-order chi connectivity index (χ1) is 22.9. The lowest BCUT2D eigenvalue weighted by Gasteiger charge is -2.36. The number of halogens is 1. The van der Waals surface area contributed by atoms with E-state index in [0.29, 0.717) is 36.4 Å². The topological polar surface area (TPSA) is 127 Å². The molecular formula is C35H33ClN4O6S2. The Morgan fingerprint density at radius 2 is 1.48 bits per heavy atom. The highest BCUT2D eigenvalue weighted by Crippen LogP contribution is 2.48. The van der Waals surface area contributed by atoms with Crippen LogP contribution in [-0.4, -0.2) is 54.8 Å². The zero-order valence-electron chi connectivity index (χ0n) is 26.2. The second-order valence-corrected chi connectivity index (χ2v) is 13.6. The minimum absolute atomic E-state index is 0.0401. The van der Waals surface area contributed by atoms with E-state index in [2.05, 4.69) is 5.32 Å². The highest BCUT2D eigenvalue weighted by atomic mass is 35.5. The molecule has 10 nitrogen and oxygen atoms in total. The number of carbonyl (C=O) groups excluding carboxylic acids is 3. The average molecular weight is 705 g/mol. The van der Waals surface area contributed by atoms with Gasteiger partial charge in [0.2, 0.25) is 5.91 Å². The first-order valence-corrected chi connectivity index (χ1v) is 17.4. The molecule has 1 fully saturated rings. The standard InChI is InChI=1S/C35H33ClN4O6S2/c1-35(2)28-22-26(48(44,45)46)18-19-29(28)38(21-11-20-37-31(41)23-36)30(35)17-10-9-16-27-32(42)39(24-12-5-3-6-13-24)34(47)40(33(27)43)25-14-7-4-8-15-25/h3-10,12-19,22H,11,20-21,23H2,1-2H3,(H,37,41)(H,44,45,46)/b10-9+,30-17+. The number of nitrogens with one attached hydrogen (secondary N) is 1. The fourth-order valence-corrected chi connectivity index (χ4v) is 6.70. The molecule has 13 heteroatoms. The Morgan fingerprint density at radius 3 is 2.02 bits per heavy atom. The smallest absolute Gasteiger partial charge is 0.294 e. The number of amides is 3. The van der Waals surface area contributed by atoms with Gasteiger partial charge in [0.1, 0.15) is 11.5 Å². The summed E-state index contributed by atoms with van der Waals surface area (Å²) in [5.41, 5.74) is 2.47. The molecule has 0 saturated carbocycles. The number of hydrogen-bond acceptors (Lipinski definition) is 7. The number of alkyl halides is 1. The van der Waals surface area contributed by atoms with Crippen LogP contribution in [0, 0.1) is 0 Å². The van der Waals surface area contributed by atoms with E-state index < -0.39 is 27.3 Å². The van der Waals surface area contributed by atoms with Crippen LogP contribution in [0.4, 0.5) is 17.1 Å². The van der Waals surface area contributed by atoms with E-state index in [4.69, 9.17) is 23.8 Å². The van der Waals surface area contributed by atoms with Crippen LogP contribution in [0.1, 0.15) is 25.8 Å². The Morgan fingerprint density at radius 1 is 0.917 bits per heavy atom. The normalized spacial score (nSPS) is 17.0. The fourth-order valence-electron chi connectivity index (χ4n) is 5.72. The van der Waals surface area contributed by atoms with Crippen molar-refractivity contribution in [3.8, 4) is 0 Å². The maximum absolute atomic E-state index is 13.8. The summed E-state index contributed by atoms with van der Waals surface area (Å²) in [5.74, 6) is -1.56. The summed E-state index contributed by atoms with van der Waals surface area (Å²) < 4.78 is 33.6. The van der Waals surface area contributed by atoms with E-state index in [0.717, 1.165) is 11.4 Å². The molecular weight excluding hydrogens is 672 g/mol. The van der Waals surface area contributed by atoms with E-state index in [-0.39, 0.29) is 27.4 Å². The third-order valence-electron chi connectivity index (χ3n) is 8.07. The van der Waals surface area contributed by atoms with Gasteiger partial charge in [-0.2, -0.15) is 8.42 Å². The van der Waals surface area contributed by atoms with Crippen LogP contribution in [0.2, 0.25) is 0 Å². The number of fused-ring (bicyclic) bond motifs is 1. The molecule has 5 rings (SSSR count). The lowest BCUT2D eigenvalue weighted by atomic mass is 9.83. The molecule has 0 spiro atoms. The number of hydrogen-bond donors (Lipinski definition) is 2. The highest BCUT2D eigenvalue weighted by molar-refractivity contribution is 7.85. The van der Waals surface area contributed by atoms with Crippen LogP contribution < -0.4 is 20.0 Å². The van der Waals surface area contributed by atoms with Gasteiger partial charge in [0.15, 0.2) is 5.11 Å². The third-order valence-corrected chi connectivity index (χ3v) is 9.53. The van der Waals surface area contributed by atoms with Crippen molar-refractivity contribution >= 4 is 73.8 Å². The van der Waals surface area contributed by atoms with Crippen LogP contribution in [0.25, 0.3) is 0 Å². The van der Waals surface area contributed by atoms with Crippen LogP contribution in [0.15, 0.2) is 119 Å². The summed E-state index contributed by atoms with van der Waals surface area (Å²) in [6.07, 6.45) is 7.13. The summed E-state index contributed by atoms with van der Waals surface area (Å²) in [6, 6.07) is 22.2. The van der Waals surface area contributed by atoms with Crippen molar-refractivity contribution in [3.05, 3.63) is 120 Å². The second-order valence-electron chi connectivity index (χ2n) is 11.5. The molecule has 48 heavy (non-hydrogen) atoms. The minimum Gasteiger partial charge on any atom is -0.355 e. The molecule has 1 saturated heterocycles. The molecule has 0 atom stereocenters. The van der Waals surface area contributed by atoms with E-state index >= 15 is 0 Å². The predicted molar refractivity (Wildman–Crippen MR) is 191 cm³/mol. The van der Waals surface area contributed by atoms with E-state index in [1.54, 1.807) is 66.7 Å². The predicted octanol–water partition coefficient (Wildman–Crippen LogP) is 5.51. The van der Waals surface area contributed by atoms with E-state index in [9.17, 15) is 27.4 Å². The molecule has 0 aliphatic carbocycles. The molecule has 0 bridgehead atoms. The molecule has 0 aromatic heterocycles. The molecule has 3 aromatic carbocycles. The average Bonchev–Trinajstić information content (AvgIpc) is 3.27. The Hall–Kier alpha value is -4.62. The van der Waals surface area contributed by atoms with Gasteiger partial charge in [0, 0.05) is 29.9 Å². The van der Waals surface area contributed by atoms with Gasteiger partial charge in [-0.05, 0) is 78.8 Å². The molecule has 248 valence electrons. The summed E-state index contributed by atoms with van der Waals surface area (Å²) in [6.45, 7) is 4.70. The summed E-state index contributed by atoms with van der Waals surface area (Å²) in [4.78, 5) is 43.6. The van der Waals surface area contributed by atoms with Crippen molar-refractivity contribution in [3.63, 3.8) is 0 Å². The molecule has 2 heterocycles. The summed E-state index contributed by atoms with van der Waals surface area (Å²) in [5, 5.41) is 2.78. The van der Waals surface area contributed by atoms with Gasteiger partial charge >= 0.3 is 0 Å². The summed E-state index contributed by atoms with van der Waals surface area (Å²) >= 11 is 11.3. The van der Waals surface area contributed by atoms with Crippen LogP contribution in [-0.2, 0) is 29.9 Å². The van der Waals surface area contributed by atoms with Crippen molar-refractivity contribution in [1.82, 2.24) is 5.32 Å². The molecule has 2 aliphatic heterocycles. The molecule has 2 aliphatic rings. The first kappa shape index (κ1) is 34.7. The minimum atomic E-state index is -4.44.